The fourth-order valence-corrected chi connectivity index (χ4v) is 1.83. The van der Waals surface area contributed by atoms with Crippen molar-refractivity contribution in [2.45, 2.75) is 44.2 Å². The summed E-state index contributed by atoms with van der Waals surface area (Å²) in [4.78, 5) is 32.5. The van der Waals surface area contributed by atoms with E-state index in [1.807, 2.05) is 0 Å². The zero-order chi connectivity index (χ0) is 12.8. The van der Waals surface area contributed by atoms with Crippen LogP contribution < -0.4 is 10.6 Å². The second kappa shape index (κ2) is 6.07. The van der Waals surface area contributed by atoms with Gasteiger partial charge in [0.15, 0.2) is 0 Å². The number of amides is 2. The van der Waals surface area contributed by atoms with Crippen molar-refractivity contribution in [2.75, 3.05) is 0 Å². The molecule has 0 aromatic carbocycles. The molecule has 0 heterocycles. The van der Waals surface area contributed by atoms with Crippen LogP contribution in [0.25, 0.3) is 0 Å². The Bertz CT molecular complexity index is 312. The van der Waals surface area contributed by atoms with Gasteiger partial charge in [-0.15, -0.1) is 0 Å². The molecule has 17 heavy (non-hydrogen) atoms. The minimum atomic E-state index is -1.39. The molecule has 1 saturated carbocycles. The lowest BCUT2D eigenvalue weighted by atomic mass is 10.2. The number of rotatable bonds is 5. The number of carboxylic acids is 2. The molecule has 0 spiro atoms. The molecule has 0 radical (unpaired) electrons. The van der Waals surface area contributed by atoms with Crippen LogP contribution in [0.2, 0.25) is 0 Å². The predicted octanol–water partition coefficient (Wildman–Crippen LogP) is 0.156. The van der Waals surface area contributed by atoms with Gasteiger partial charge in [0, 0.05) is 6.04 Å². The zero-order valence-electron chi connectivity index (χ0n) is 9.31. The smallest absolute Gasteiger partial charge is 0.326 e. The Balaban J connectivity index is 2.40. The van der Waals surface area contributed by atoms with Gasteiger partial charge in [0.1, 0.15) is 6.04 Å². The standard InChI is InChI=1S/C10H16N2O5/c13-8(14)5-7(9(15)16)12-10(17)11-6-3-1-2-4-6/h6-7H,1-5H2,(H,13,14)(H,15,16)(H2,11,12,17)/t7-/m1/s1. The van der Waals surface area contributed by atoms with E-state index in [4.69, 9.17) is 10.2 Å². The number of nitrogens with one attached hydrogen (secondary N) is 2. The number of carboxylic acid groups (broad SMARTS) is 2. The molecule has 7 heteroatoms. The SMILES string of the molecule is O=C(O)C[C@@H](NC(=O)NC1CCCC1)C(=O)O. The average molecular weight is 244 g/mol. The van der Waals surface area contributed by atoms with Crippen LogP contribution in [0.15, 0.2) is 0 Å². The summed E-state index contributed by atoms with van der Waals surface area (Å²) in [6.45, 7) is 0. The highest BCUT2D eigenvalue weighted by atomic mass is 16.4. The second-order valence-electron chi connectivity index (χ2n) is 4.09. The van der Waals surface area contributed by atoms with E-state index in [9.17, 15) is 14.4 Å². The molecular formula is C10H16N2O5. The Morgan fingerprint density at radius 2 is 1.76 bits per heavy atom. The summed E-state index contributed by atoms with van der Waals surface area (Å²) in [5, 5.41) is 22.0. The number of hydrogen-bond acceptors (Lipinski definition) is 3. The third-order valence-corrected chi connectivity index (χ3v) is 2.67. The summed E-state index contributed by atoms with van der Waals surface area (Å²) in [6.07, 6.45) is 3.21. The molecular weight excluding hydrogens is 228 g/mol. The summed E-state index contributed by atoms with van der Waals surface area (Å²) >= 11 is 0. The molecule has 4 N–H and O–H groups in total. The van der Waals surface area contributed by atoms with E-state index in [0.717, 1.165) is 25.7 Å². The Labute approximate surface area is 98.2 Å². The van der Waals surface area contributed by atoms with Crippen molar-refractivity contribution < 1.29 is 24.6 Å². The van der Waals surface area contributed by atoms with Gasteiger partial charge in [0.25, 0.3) is 0 Å². The molecule has 0 bridgehead atoms. The largest absolute Gasteiger partial charge is 0.481 e. The summed E-state index contributed by atoms with van der Waals surface area (Å²) in [6, 6.07) is -1.95. The lowest BCUT2D eigenvalue weighted by Gasteiger charge is -2.16. The Kier molecular flexibility index (Phi) is 4.74. The Morgan fingerprint density at radius 3 is 2.24 bits per heavy atom. The zero-order valence-corrected chi connectivity index (χ0v) is 9.31. The van der Waals surface area contributed by atoms with Crippen molar-refractivity contribution in [3.8, 4) is 0 Å². The lowest BCUT2D eigenvalue weighted by Crippen LogP contribution is -2.49. The topological polar surface area (TPSA) is 116 Å². The lowest BCUT2D eigenvalue weighted by molar-refractivity contribution is -0.145. The molecule has 1 aliphatic rings. The first-order valence-electron chi connectivity index (χ1n) is 5.50. The third kappa shape index (κ3) is 4.71. The summed E-state index contributed by atoms with van der Waals surface area (Å²) < 4.78 is 0. The van der Waals surface area contributed by atoms with Crippen molar-refractivity contribution in [3.63, 3.8) is 0 Å². The van der Waals surface area contributed by atoms with Gasteiger partial charge in [-0.1, -0.05) is 12.8 Å². The first-order chi connectivity index (χ1) is 7.99. The van der Waals surface area contributed by atoms with Gasteiger partial charge < -0.3 is 20.8 Å². The van der Waals surface area contributed by atoms with Crippen LogP contribution in [0, 0.1) is 0 Å². The predicted molar refractivity (Wildman–Crippen MR) is 57.6 cm³/mol. The van der Waals surface area contributed by atoms with E-state index >= 15 is 0 Å². The van der Waals surface area contributed by atoms with Gasteiger partial charge in [0.05, 0.1) is 6.42 Å². The molecule has 7 nitrogen and oxygen atoms in total. The highest BCUT2D eigenvalue weighted by Crippen LogP contribution is 2.17. The number of hydrogen-bond donors (Lipinski definition) is 4. The van der Waals surface area contributed by atoms with E-state index in [0.29, 0.717) is 0 Å². The fourth-order valence-electron chi connectivity index (χ4n) is 1.83. The monoisotopic (exact) mass is 244 g/mol. The molecule has 1 fully saturated rings. The second-order valence-corrected chi connectivity index (χ2v) is 4.09. The van der Waals surface area contributed by atoms with Crippen LogP contribution in [0.3, 0.4) is 0 Å². The van der Waals surface area contributed by atoms with E-state index in [1.54, 1.807) is 0 Å². The fraction of sp³-hybridized carbons (Fsp3) is 0.700. The first kappa shape index (κ1) is 13.3. The number of aliphatic carboxylic acids is 2. The van der Waals surface area contributed by atoms with Crippen molar-refractivity contribution in [2.24, 2.45) is 0 Å². The van der Waals surface area contributed by atoms with Gasteiger partial charge in [0.2, 0.25) is 0 Å². The van der Waals surface area contributed by atoms with E-state index in [-0.39, 0.29) is 6.04 Å². The van der Waals surface area contributed by atoms with E-state index < -0.39 is 30.4 Å². The summed E-state index contributed by atoms with van der Waals surface area (Å²) in [7, 11) is 0. The molecule has 0 aromatic rings. The molecule has 1 rings (SSSR count). The van der Waals surface area contributed by atoms with Gasteiger partial charge in [-0.25, -0.2) is 9.59 Å². The van der Waals surface area contributed by atoms with Gasteiger partial charge in [-0.2, -0.15) is 0 Å². The number of urea groups is 1. The summed E-state index contributed by atoms with van der Waals surface area (Å²) in [5.74, 6) is -2.62. The van der Waals surface area contributed by atoms with Crippen LogP contribution in [-0.4, -0.2) is 40.3 Å². The highest BCUT2D eigenvalue weighted by Gasteiger charge is 2.24. The minimum absolute atomic E-state index is 0.0641. The van der Waals surface area contributed by atoms with Crippen LogP contribution >= 0.6 is 0 Å². The first-order valence-corrected chi connectivity index (χ1v) is 5.50. The van der Waals surface area contributed by atoms with Gasteiger partial charge in [-0.3, -0.25) is 4.79 Å². The molecule has 0 aromatic heterocycles. The van der Waals surface area contributed by atoms with Crippen LogP contribution in [0.4, 0.5) is 4.79 Å². The minimum Gasteiger partial charge on any atom is -0.481 e. The Morgan fingerprint density at radius 1 is 1.18 bits per heavy atom. The number of carbonyl (C=O) groups is 3. The van der Waals surface area contributed by atoms with E-state index in [1.165, 1.54) is 0 Å². The van der Waals surface area contributed by atoms with E-state index in [2.05, 4.69) is 10.6 Å². The maximum absolute atomic E-state index is 11.4. The number of carbonyl (C=O) groups excluding carboxylic acids is 1. The molecule has 2 amide bonds. The molecule has 1 aliphatic carbocycles. The van der Waals surface area contributed by atoms with Gasteiger partial charge in [-0.05, 0) is 12.8 Å². The van der Waals surface area contributed by atoms with Crippen LogP contribution in [-0.2, 0) is 9.59 Å². The maximum Gasteiger partial charge on any atom is 0.326 e. The molecule has 0 saturated heterocycles. The molecule has 0 aliphatic heterocycles. The average Bonchev–Trinajstić information content (AvgIpc) is 2.68. The van der Waals surface area contributed by atoms with Gasteiger partial charge >= 0.3 is 18.0 Å². The van der Waals surface area contributed by atoms with Crippen LogP contribution in [0.1, 0.15) is 32.1 Å². The summed E-state index contributed by atoms with van der Waals surface area (Å²) in [5.41, 5.74) is 0. The maximum atomic E-state index is 11.4. The van der Waals surface area contributed by atoms with Crippen molar-refractivity contribution in [1.82, 2.24) is 10.6 Å². The van der Waals surface area contributed by atoms with Crippen molar-refractivity contribution in [1.29, 1.82) is 0 Å². The van der Waals surface area contributed by atoms with Crippen LogP contribution in [0.5, 0.6) is 0 Å². The highest BCUT2D eigenvalue weighted by molar-refractivity contribution is 5.86. The van der Waals surface area contributed by atoms with Crippen molar-refractivity contribution >= 4 is 18.0 Å². The van der Waals surface area contributed by atoms with Crippen molar-refractivity contribution in [3.05, 3.63) is 0 Å². The third-order valence-electron chi connectivity index (χ3n) is 2.67. The normalized spacial score (nSPS) is 17.4. The quantitative estimate of drug-likeness (QED) is 0.549. The molecule has 96 valence electrons. The molecule has 1 atom stereocenters. The Hall–Kier alpha value is -1.79. The molecule has 0 unspecified atom stereocenters.